The maximum Gasteiger partial charge on any atom is 0.329 e. The summed E-state index contributed by atoms with van der Waals surface area (Å²) in [6, 6.07) is 7.09. The molecule has 0 bridgehead atoms. The lowest BCUT2D eigenvalue weighted by atomic mass is 10.1. The van der Waals surface area contributed by atoms with E-state index < -0.39 is 6.04 Å². The number of nitrogens with zero attached hydrogens (tertiary/aromatic N) is 1. The van der Waals surface area contributed by atoms with Crippen LogP contribution in [0.2, 0.25) is 0 Å². The molecule has 0 aromatic heterocycles. The highest BCUT2D eigenvalue weighted by Crippen LogP contribution is 2.34. The van der Waals surface area contributed by atoms with Gasteiger partial charge in [-0.25, -0.2) is 9.59 Å². The maximum absolute atomic E-state index is 13.0. The zero-order valence-electron chi connectivity index (χ0n) is 16.9. The minimum absolute atomic E-state index is 0.0105. The molecule has 1 N–H and O–H groups in total. The van der Waals surface area contributed by atoms with Gasteiger partial charge in [-0.05, 0) is 42.9 Å². The molecule has 0 unspecified atom stereocenters. The molecule has 1 fully saturated rings. The summed E-state index contributed by atoms with van der Waals surface area (Å²) < 4.78 is 5.41. The number of hydrogen-bond donors (Lipinski definition) is 1. The van der Waals surface area contributed by atoms with Crippen LogP contribution < -0.4 is 5.32 Å². The molecule has 0 spiro atoms. The van der Waals surface area contributed by atoms with Crippen molar-refractivity contribution in [1.29, 1.82) is 0 Å². The minimum Gasteiger partial charge on any atom is -0.464 e. The fourth-order valence-corrected chi connectivity index (χ4v) is 4.65. The van der Waals surface area contributed by atoms with Crippen molar-refractivity contribution in [3.8, 4) is 0 Å². The Hall–Kier alpha value is -1.69. The number of benzene rings is 1. The Balaban J connectivity index is 2.10. The molecule has 1 aromatic carbocycles. The second kappa shape index (κ2) is 10.6. The number of rotatable bonds is 8. The van der Waals surface area contributed by atoms with Crippen LogP contribution in [0.25, 0.3) is 0 Å². The predicted molar refractivity (Wildman–Crippen MR) is 112 cm³/mol. The Morgan fingerprint density at radius 3 is 2.56 bits per heavy atom. The molecule has 150 valence electrons. The number of ether oxygens (including phenoxy) is 1. The van der Waals surface area contributed by atoms with Crippen molar-refractivity contribution >= 4 is 29.4 Å². The molecular weight excluding hydrogens is 360 g/mol. The van der Waals surface area contributed by atoms with Crippen molar-refractivity contribution in [2.45, 2.75) is 64.8 Å². The lowest BCUT2D eigenvalue weighted by Gasteiger charge is -2.29. The highest BCUT2D eigenvalue weighted by atomic mass is 32.2. The Kier molecular flexibility index (Phi) is 8.48. The van der Waals surface area contributed by atoms with Gasteiger partial charge in [0.15, 0.2) is 0 Å². The van der Waals surface area contributed by atoms with E-state index in [-0.39, 0.29) is 17.4 Å². The number of carbonyl (C=O) groups excluding carboxylic acids is 2. The molecule has 6 heteroatoms. The van der Waals surface area contributed by atoms with Crippen LogP contribution >= 0.6 is 11.8 Å². The molecule has 27 heavy (non-hydrogen) atoms. The first kappa shape index (κ1) is 21.6. The summed E-state index contributed by atoms with van der Waals surface area (Å²) in [5, 5.41) is 2.95. The third-order valence-electron chi connectivity index (χ3n) is 4.63. The summed E-state index contributed by atoms with van der Waals surface area (Å²) in [5.74, 6) is 0.736. The maximum atomic E-state index is 13.0. The molecule has 0 radical (unpaired) electrons. The SMILES string of the molecule is CCCCOC(=O)[C@H]1CS[C@@H](CC(C)C)N1C(=O)Nc1ccc(CC)cc1. The molecule has 0 aliphatic carbocycles. The molecule has 1 aromatic rings. The number of amides is 2. The Bertz CT molecular complexity index is 618. The van der Waals surface area contributed by atoms with Gasteiger partial charge in [0.2, 0.25) is 0 Å². The quantitative estimate of drug-likeness (QED) is 0.504. The monoisotopic (exact) mass is 392 g/mol. The van der Waals surface area contributed by atoms with E-state index >= 15 is 0 Å². The molecular formula is C21H32N2O3S. The van der Waals surface area contributed by atoms with Crippen molar-refractivity contribution in [3.05, 3.63) is 29.8 Å². The Morgan fingerprint density at radius 1 is 1.26 bits per heavy atom. The highest BCUT2D eigenvalue weighted by molar-refractivity contribution is 8.00. The van der Waals surface area contributed by atoms with Gasteiger partial charge < -0.3 is 10.1 Å². The van der Waals surface area contributed by atoms with E-state index in [1.54, 1.807) is 16.7 Å². The first-order valence-corrected chi connectivity index (χ1v) is 11.0. The predicted octanol–water partition coefficient (Wildman–Crippen LogP) is 4.91. The number of urea groups is 1. The number of esters is 1. The van der Waals surface area contributed by atoms with Gasteiger partial charge in [0.1, 0.15) is 6.04 Å². The zero-order chi connectivity index (χ0) is 19.8. The van der Waals surface area contributed by atoms with E-state index in [2.05, 4.69) is 33.0 Å². The number of anilines is 1. The van der Waals surface area contributed by atoms with Crippen LogP contribution in [0.4, 0.5) is 10.5 Å². The Labute approximate surface area is 167 Å². The smallest absolute Gasteiger partial charge is 0.329 e. The van der Waals surface area contributed by atoms with E-state index in [0.717, 1.165) is 31.4 Å². The van der Waals surface area contributed by atoms with Gasteiger partial charge in [-0.15, -0.1) is 11.8 Å². The number of thioether (sulfide) groups is 1. The molecule has 2 rings (SSSR count). The highest BCUT2D eigenvalue weighted by Gasteiger charge is 2.42. The largest absolute Gasteiger partial charge is 0.464 e. The molecule has 0 saturated carbocycles. The van der Waals surface area contributed by atoms with Crippen molar-refractivity contribution in [3.63, 3.8) is 0 Å². The van der Waals surface area contributed by atoms with Gasteiger partial charge in [0.25, 0.3) is 0 Å². The molecule has 2 atom stereocenters. The number of nitrogens with one attached hydrogen (secondary N) is 1. The first-order valence-electron chi connectivity index (χ1n) is 9.92. The fourth-order valence-electron chi connectivity index (χ4n) is 3.03. The molecule has 5 nitrogen and oxygen atoms in total. The van der Waals surface area contributed by atoms with Gasteiger partial charge in [-0.1, -0.05) is 46.2 Å². The lowest BCUT2D eigenvalue weighted by molar-refractivity contribution is -0.148. The van der Waals surface area contributed by atoms with Gasteiger partial charge in [-0.3, -0.25) is 4.90 Å². The average molecular weight is 393 g/mol. The number of unbranched alkanes of at least 4 members (excludes halogenated alkanes) is 1. The van der Waals surface area contributed by atoms with E-state index in [4.69, 9.17) is 4.74 Å². The van der Waals surface area contributed by atoms with Crippen molar-refractivity contribution in [2.75, 3.05) is 17.7 Å². The standard InChI is InChI=1S/C21H32N2O3S/c1-5-7-12-26-20(24)18-14-27-19(13-15(3)4)23(18)21(25)22-17-10-8-16(6-2)9-11-17/h8-11,15,18-19H,5-7,12-14H2,1-4H3,(H,22,25)/t18-,19+/m1/s1. The van der Waals surface area contributed by atoms with E-state index in [9.17, 15) is 9.59 Å². The summed E-state index contributed by atoms with van der Waals surface area (Å²) in [6.07, 6.45) is 3.63. The van der Waals surface area contributed by atoms with Crippen LogP contribution in [0, 0.1) is 5.92 Å². The minimum atomic E-state index is -0.523. The fraction of sp³-hybridized carbons (Fsp3) is 0.619. The number of carbonyl (C=O) groups is 2. The third-order valence-corrected chi connectivity index (χ3v) is 5.94. The third kappa shape index (κ3) is 6.16. The second-order valence-electron chi connectivity index (χ2n) is 7.34. The van der Waals surface area contributed by atoms with Crippen LogP contribution in [0.1, 0.15) is 52.5 Å². The van der Waals surface area contributed by atoms with Crippen LogP contribution in [0.3, 0.4) is 0 Å². The van der Waals surface area contributed by atoms with Gasteiger partial charge in [0, 0.05) is 11.4 Å². The van der Waals surface area contributed by atoms with Gasteiger partial charge in [-0.2, -0.15) is 0 Å². The first-order chi connectivity index (χ1) is 13.0. The van der Waals surface area contributed by atoms with Crippen LogP contribution in [-0.4, -0.2) is 40.7 Å². The molecule has 2 amide bonds. The summed E-state index contributed by atoms with van der Waals surface area (Å²) in [6.45, 7) is 8.83. The van der Waals surface area contributed by atoms with Crippen molar-refractivity contribution in [2.24, 2.45) is 5.92 Å². The van der Waals surface area contributed by atoms with Crippen molar-refractivity contribution in [1.82, 2.24) is 4.90 Å². The molecule has 1 aliphatic rings. The Morgan fingerprint density at radius 2 is 1.96 bits per heavy atom. The van der Waals surface area contributed by atoms with E-state index in [0.29, 0.717) is 18.3 Å². The molecule has 1 saturated heterocycles. The topological polar surface area (TPSA) is 58.6 Å². The normalized spacial score (nSPS) is 19.4. The van der Waals surface area contributed by atoms with Crippen LogP contribution in [0.5, 0.6) is 0 Å². The molecule has 1 heterocycles. The van der Waals surface area contributed by atoms with Gasteiger partial charge in [0.05, 0.1) is 12.0 Å². The van der Waals surface area contributed by atoms with E-state index in [1.807, 2.05) is 24.3 Å². The average Bonchev–Trinajstić information content (AvgIpc) is 3.05. The number of aryl methyl sites for hydroxylation is 1. The second-order valence-corrected chi connectivity index (χ2v) is 8.55. The summed E-state index contributed by atoms with van der Waals surface area (Å²) in [5.41, 5.74) is 1.97. The summed E-state index contributed by atoms with van der Waals surface area (Å²) in [7, 11) is 0. The summed E-state index contributed by atoms with van der Waals surface area (Å²) in [4.78, 5) is 27.2. The molecule has 1 aliphatic heterocycles. The number of hydrogen-bond acceptors (Lipinski definition) is 4. The zero-order valence-corrected chi connectivity index (χ0v) is 17.7. The summed E-state index contributed by atoms with van der Waals surface area (Å²) >= 11 is 1.66. The van der Waals surface area contributed by atoms with Crippen molar-refractivity contribution < 1.29 is 14.3 Å². The van der Waals surface area contributed by atoms with Gasteiger partial charge >= 0.3 is 12.0 Å². The van der Waals surface area contributed by atoms with Crippen LogP contribution in [0.15, 0.2) is 24.3 Å². The van der Waals surface area contributed by atoms with E-state index in [1.165, 1.54) is 5.56 Å². The lowest BCUT2D eigenvalue weighted by Crippen LogP contribution is -2.48. The van der Waals surface area contributed by atoms with Crippen LogP contribution in [-0.2, 0) is 16.0 Å².